The lowest BCUT2D eigenvalue weighted by molar-refractivity contribution is -0.122. The van der Waals surface area contributed by atoms with E-state index in [1.807, 2.05) is 12.1 Å². The van der Waals surface area contributed by atoms with Crippen molar-refractivity contribution >= 4 is 11.6 Å². The summed E-state index contributed by atoms with van der Waals surface area (Å²) >= 11 is 0. The van der Waals surface area contributed by atoms with Crippen LogP contribution in [0.2, 0.25) is 0 Å². The number of rotatable bonds is 4. The molecular formula is C15H19FN2O. The van der Waals surface area contributed by atoms with Crippen LogP contribution in [-0.4, -0.2) is 25.5 Å². The van der Waals surface area contributed by atoms with E-state index in [0.29, 0.717) is 5.92 Å². The first-order valence-electron chi connectivity index (χ1n) is 7.00. The molecule has 0 aromatic heterocycles. The third-order valence-electron chi connectivity index (χ3n) is 3.99. The number of hydrogen-bond donors (Lipinski definition) is 1. The molecule has 4 heteroatoms. The summed E-state index contributed by atoms with van der Waals surface area (Å²) < 4.78 is 12.9. The molecule has 1 amide bonds. The number of carbonyl (C=O) groups is 1. The van der Waals surface area contributed by atoms with Gasteiger partial charge in [0.25, 0.3) is 0 Å². The van der Waals surface area contributed by atoms with E-state index in [4.69, 9.17) is 0 Å². The third-order valence-corrected chi connectivity index (χ3v) is 3.99. The van der Waals surface area contributed by atoms with E-state index in [2.05, 4.69) is 10.2 Å². The van der Waals surface area contributed by atoms with Gasteiger partial charge in [-0.3, -0.25) is 4.79 Å². The molecule has 1 saturated carbocycles. The fourth-order valence-electron chi connectivity index (χ4n) is 2.62. The summed E-state index contributed by atoms with van der Waals surface area (Å²) in [7, 11) is 0. The highest BCUT2D eigenvalue weighted by molar-refractivity contribution is 5.80. The Morgan fingerprint density at radius 3 is 2.68 bits per heavy atom. The lowest BCUT2D eigenvalue weighted by Gasteiger charge is -2.18. The highest BCUT2D eigenvalue weighted by atomic mass is 19.1. The molecular weight excluding hydrogens is 243 g/mol. The summed E-state index contributed by atoms with van der Waals surface area (Å²) in [5, 5.41) is 3.04. The quantitative estimate of drug-likeness (QED) is 0.902. The van der Waals surface area contributed by atoms with E-state index in [1.165, 1.54) is 12.1 Å². The molecule has 19 heavy (non-hydrogen) atoms. The molecule has 1 aliphatic heterocycles. The topological polar surface area (TPSA) is 32.3 Å². The van der Waals surface area contributed by atoms with Gasteiger partial charge >= 0.3 is 0 Å². The summed E-state index contributed by atoms with van der Waals surface area (Å²) in [5.74, 6) is 0.818. The van der Waals surface area contributed by atoms with Crippen LogP contribution in [0.15, 0.2) is 24.3 Å². The molecule has 0 spiro atoms. The summed E-state index contributed by atoms with van der Waals surface area (Å²) in [6.45, 7) is 2.69. The Kier molecular flexibility index (Phi) is 3.40. The summed E-state index contributed by atoms with van der Waals surface area (Å²) in [6, 6.07) is 6.63. The molecule has 1 saturated heterocycles. The number of nitrogens with one attached hydrogen (secondary N) is 1. The highest BCUT2D eigenvalue weighted by Gasteiger charge is 2.30. The first-order valence-corrected chi connectivity index (χ1v) is 7.00. The van der Waals surface area contributed by atoms with Crippen LogP contribution in [0.5, 0.6) is 0 Å². The smallest absolute Gasteiger partial charge is 0.223 e. The van der Waals surface area contributed by atoms with Gasteiger partial charge in [-0.05, 0) is 49.4 Å². The fraction of sp³-hybridized carbons (Fsp3) is 0.533. The SMILES string of the molecule is O=C(NCC1CCN(c2ccc(F)cc2)C1)C1CC1. The summed E-state index contributed by atoms with van der Waals surface area (Å²) in [5.41, 5.74) is 1.07. The van der Waals surface area contributed by atoms with Crippen molar-refractivity contribution in [3.05, 3.63) is 30.1 Å². The van der Waals surface area contributed by atoms with Gasteiger partial charge in [-0.25, -0.2) is 4.39 Å². The number of anilines is 1. The zero-order chi connectivity index (χ0) is 13.2. The van der Waals surface area contributed by atoms with Crippen LogP contribution in [0.3, 0.4) is 0 Å². The van der Waals surface area contributed by atoms with Gasteiger partial charge in [0.15, 0.2) is 0 Å². The molecule has 2 fully saturated rings. The van der Waals surface area contributed by atoms with E-state index in [1.54, 1.807) is 0 Å². The van der Waals surface area contributed by atoms with Gasteiger partial charge in [-0.15, -0.1) is 0 Å². The predicted octanol–water partition coefficient (Wildman–Crippen LogP) is 2.18. The zero-order valence-corrected chi connectivity index (χ0v) is 10.9. The molecule has 0 radical (unpaired) electrons. The monoisotopic (exact) mass is 262 g/mol. The first-order chi connectivity index (χ1) is 9.22. The number of nitrogens with zero attached hydrogens (tertiary/aromatic N) is 1. The van der Waals surface area contributed by atoms with Crippen LogP contribution < -0.4 is 10.2 Å². The van der Waals surface area contributed by atoms with Crippen molar-refractivity contribution in [1.29, 1.82) is 0 Å². The molecule has 102 valence electrons. The molecule has 1 N–H and O–H groups in total. The van der Waals surface area contributed by atoms with Crippen molar-refractivity contribution in [2.45, 2.75) is 19.3 Å². The maximum Gasteiger partial charge on any atom is 0.223 e. The maximum atomic E-state index is 12.9. The van der Waals surface area contributed by atoms with Crippen LogP contribution in [0.4, 0.5) is 10.1 Å². The Hall–Kier alpha value is -1.58. The molecule has 3 nitrogen and oxygen atoms in total. The minimum Gasteiger partial charge on any atom is -0.371 e. The van der Waals surface area contributed by atoms with Crippen LogP contribution >= 0.6 is 0 Å². The highest BCUT2D eigenvalue weighted by Crippen LogP contribution is 2.29. The average molecular weight is 262 g/mol. The van der Waals surface area contributed by atoms with E-state index in [9.17, 15) is 9.18 Å². The summed E-state index contributed by atoms with van der Waals surface area (Å²) in [6.07, 6.45) is 3.19. The van der Waals surface area contributed by atoms with Gasteiger partial charge < -0.3 is 10.2 Å². The van der Waals surface area contributed by atoms with Gasteiger partial charge in [-0.1, -0.05) is 0 Å². The molecule has 1 unspecified atom stereocenters. The van der Waals surface area contributed by atoms with Crippen molar-refractivity contribution in [1.82, 2.24) is 5.32 Å². The minimum atomic E-state index is -0.198. The van der Waals surface area contributed by atoms with E-state index in [-0.39, 0.29) is 17.6 Å². The second-order valence-electron chi connectivity index (χ2n) is 5.60. The Morgan fingerprint density at radius 2 is 2.00 bits per heavy atom. The normalized spacial score (nSPS) is 22.6. The van der Waals surface area contributed by atoms with Crippen molar-refractivity contribution < 1.29 is 9.18 Å². The minimum absolute atomic E-state index is 0.198. The Morgan fingerprint density at radius 1 is 1.26 bits per heavy atom. The second kappa shape index (κ2) is 5.19. The Balaban J connectivity index is 1.49. The fourth-order valence-corrected chi connectivity index (χ4v) is 2.62. The second-order valence-corrected chi connectivity index (χ2v) is 5.60. The third kappa shape index (κ3) is 3.06. The zero-order valence-electron chi connectivity index (χ0n) is 10.9. The maximum absolute atomic E-state index is 12.9. The van der Waals surface area contributed by atoms with Crippen molar-refractivity contribution in [2.75, 3.05) is 24.5 Å². The largest absolute Gasteiger partial charge is 0.371 e. The number of halogens is 1. The van der Waals surface area contributed by atoms with Crippen LogP contribution in [0, 0.1) is 17.7 Å². The molecule has 1 aromatic rings. The average Bonchev–Trinajstić information content (AvgIpc) is 3.16. The van der Waals surface area contributed by atoms with Gasteiger partial charge in [-0.2, -0.15) is 0 Å². The number of amides is 1. The van der Waals surface area contributed by atoms with Gasteiger partial charge in [0.1, 0.15) is 5.82 Å². The predicted molar refractivity (Wildman–Crippen MR) is 72.5 cm³/mol. The number of benzene rings is 1. The van der Waals surface area contributed by atoms with Gasteiger partial charge in [0.2, 0.25) is 5.91 Å². The van der Waals surface area contributed by atoms with Crippen molar-refractivity contribution in [2.24, 2.45) is 11.8 Å². The lowest BCUT2D eigenvalue weighted by atomic mass is 10.1. The Labute approximate surface area is 112 Å². The van der Waals surface area contributed by atoms with E-state index in [0.717, 1.165) is 44.6 Å². The molecule has 3 rings (SSSR count). The van der Waals surface area contributed by atoms with Crippen LogP contribution in [0.1, 0.15) is 19.3 Å². The molecule has 2 aliphatic rings. The first kappa shape index (κ1) is 12.5. The van der Waals surface area contributed by atoms with Gasteiger partial charge in [0.05, 0.1) is 0 Å². The molecule has 1 aromatic carbocycles. The van der Waals surface area contributed by atoms with Crippen molar-refractivity contribution in [3.63, 3.8) is 0 Å². The van der Waals surface area contributed by atoms with Crippen molar-refractivity contribution in [3.8, 4) is 0 Å². The molecule has 0 bridgehead atoms. The van der Waals surface area contributed by atoms with Crippen LogP contribution in [0.25, 0.3) is 0 Å². The van der Waals surface area contributed by atoms with E-state index < -0.39 is 0 Å². The lowest BCUT2D eigenvalue weighted by Crippen LogP contribution is -2.31. The molecule has 1 atom stereocenters. The van der Waals surface area contributed by atoms with Gasteiger partial charge in [0, 0.05) is 31.2 Å². The molecule has 1 aliphatic carbocycles. The Bertz CT molecular complexity index is 456. The standard InChI is InChI=1S/C15H19FN2O/c16-13-3-5-14(6-4-13)18-8-7-11(10-18)9-17-15(19)12-1-2-12/h3-6,11-12H,1-2,7-10H2,(H,17,19). The number of carbonyl (C=O) groups excluding carboxylic acids is 1. The number of hydrogen-bond acceptors (Lipinski definition) is 2. The van der Waals surface area contributed by atoms with Crippen LogP contribution in [-0.2, 0) is 4.79 Å². The van der Waals surface area contributed by atoms with E-state index >= 15 is 0 Å². The molecule has 1 heterocycles. The summed E-state index contributed by atoms with van der Waals surface area (Å²) in [4.78, 5) is 13.8.